The fourth-order valence-corrected chi connectivity index (χ4v) is 4.69. The smallest absolute Gasteiger partial charge is 0.408 e. The number of carbonyl (C=O) groups excluding carboxylic acids is 4. The van der Waals surface area contributed by atoms with Gasteiger partial charge in [0.25, 0.3) is 0 Å². The minimum Gasteiger partial charge on any atom is -0.469 e. The third kappa shape index (κ3) is 5.51. The molecule has 2 fully saturated rings. The Morgan fingerprint density at radius 3 is 2.31 bits per heavy atom. The van der Waals surface area contributed by atoms with Gasteiger partial charge >= 0.3 is 18.0 Å². The summed E-state index contributed by atoms with van der Waals surface area (Å²) in [6.07, 6.45) is -1.63. The Bertz CT molecular complexity index is 747. The highest BCUT2D eigenvalue weighted by molar-refractivity contribution is 5.93. The maximum absolute atomic E-state index is 13.2. The fraction of sp³-hybridized carbons (Fsp3) is 0.818. The normalized spacial score (nSPS) is 29.5. The minimum absolute atomic E-state index is 0.0260. The monoisotopic (exact) mass is 456 g/mol. The number of aliphatic hydroxyl groups excluding tert-OH is 1. The number of hydrogen-bond acceptors (Lipinski definition) is 8. The Balaban J connectivity index is 2.26. The summed E-state index contributed by atoms with van der Waals surface area (Å²) in [5.41, 5.74) is -2.23. The Hall–Kier alpha value is -2.36. The van der Waals surface area contributed by atoms with Crippen molar-refractivity contribution >= 4 is 23.9 Å². The highest BCUT2D eigenvalue weighted by Gasteiger charge is 2.73. The molecular formula is C22H36N2O8. The number of alkyl carbamates (subject to hydrolysis) is 1. The summed E-state index contributed by atoms with van der Waals surface area (Å²) in [6.45, 7) is 10.4. The zero-order valence-electron chi connectivity index (χ0n) is 19.9. The lowest BCUT2D eigenvalue weighted by Gasteiger charge is -2.34. The molecule has 0 heterocycles. The summed E-state index contributed by atoms with van der Waals surface area (Å²) >= 11 is 0. The number of rotatable bonds is 8. The van der Waals surface area contributed by atoms with E-state index in [1.165, 1.54) is 7.11 Å². The predicted molar refractivity (Wildman–Crippen MR) is 113 cm³/mol. The van der Waals surface area contributed by atoms with Crippen LogP contribution in [0.4, 0.5) is 4.79 Å². The number of amides is 2. The van der Waals surface area contributed by atoms with Gasteiger partial charge in [-0.1, -0.05) is 13.8 Å². The van der Waals surface area contributed by atoms with Crippen molar-refractivity contribution in [3.8, 4) is 0 Å². The molecule has 3 N–H and O–H groups in total. The van der Waals surface area contributed by atoms with E-state index in [0.29, 0.717) is 0 Å². The second-order valence-corrected chi connectivity index (χ2v) is 9.87. The molecule has 32 heavy (non-hydrogen) atoms. The van der Waals surface area contributed by atoms with E-state index in [9.17, 15) is 24.3 Å². The topological polar surface area (TPSA) is 140 Å². The van der Waals surface area contributed by atoms with Crippen molar-refractivity contribution in [1.29, 1.82) is 0 Å². The average molecular weight is 457 g/mol. The van der Waals surface area contributed by atoms with Crippen LogP contribution in [0.25, 0.3) is 0 Å². The van der Waals surface area contributed by atoms with Gasteiger partial charge in [0, 0.05) is 18.8 Å². The molecule has 0 aliphatic heterocycles. The van der Waals surface area contributed by atoms with Gasteiger partial charge in [0.15, 0.2) is 0 Å². The molecule has 10 nitrogen and oxygen atoms in total. The van der Waals surface area contributed by atoms with Gasteiger partial charge < -0.3 is 30.0 Å². The summed E-state index contributed by atoms with van der Waals surface area (Å²) in [5.74, 6) is -3.11. The minimum atomic E-state index is -1.49. The number of fused-ring (bicyclic) bond motifs is 1. The van der Waals surface area contributed by atoms with Gasteiger partial charge in [0.05, 0.1) is 19.8 Å². The molecule has 2 rings (SSSR count). The van der Waals surface area contributed by atoms with Gasteiger partial charge in [-0.2, -0.15) is 0 Å². The van der Waals surface area contributed by atoms with E-state index in [1.807, 2.05) is 0 Å². The molecular weight excluding hydrogens is 420 g/mol. The van der Waals surface area contributed by atoms with Gasteiger partial charge in [0.2, 0.25) is 5.91 Å². The van der Waals surface area contributed by atoms with Gasteiger partial charge in [-0.25, -0.2) is 9.59 Å². The van der Waals surface area contributed by atoms with Crippen molar-refractivity contribution in [2.75, 3.05) is 13.7 Å². The lowest BCUT2D eigenvalue weighted by molar-refractivity contribution is -0.156. The Kier molecular flexibility index (Phi) is 7.80. The second-order valence-electron chi connectivity index (χ2n) is 9.87. The van der Waals surface area contributed by atoms with Crippen LogP contribution in [0.3, 0.4) is 0 Å². The SMILES string of the molecule is CCOC(=O)[C@]1(NC(=O)[C@@H](NC(=O)OC(C)(C)C)C(C)C)C[C@H](O)[C@H]2[C@H](CC(=O)OC)[C@H]21. The molecule has 0 unspecified atom stereocenters. The van der Waals surface area contributed by atoms with Crippen LogP contribution in [0, 0.1) is 23.7 Å². The lowest BCUT2D eigenvalue weighted by atomic mass is 9.87. The Morgan fingerprint density at radius 2 is 1.81 bits per heavy atom. The molecule has 2 saturated carbocycles. The number of carbonyl (C=O) groups is 4. The molecule has 0 bridgehead atoms. The average Bonchev–Trinajstić information content (AvgIpc) is 3.29. The molecule has 2 amide bonds. The van der Waals surface area contributed by atoms with Gasteiger partial charge in [-0.3, -0.25) is 9.59 Å². The molecule has 0 aromatic heterocycles. The first-order chi connectivity index (χ1) is 14.8. The zero-order chi connectivity index (χ0) is 24.4. The van der Waals surface area contributed by atoms with Crippen molar-refractivity contribution in [2.24, 2.45) is 23.7 Å². The second kappa shape index (κ2) is 9.64. The number of nitrogens with one attached hydrogen (secondary N) is 2. The first-order valence-corrected chi connectivity index (χ1v) is 11.0. The Labute approximate surface area is 188 Å². The van der Waals surface area contributed by atoms with E-state index in [-0.39, 0.29) is 37.2 Å². The molecule has 0 spiro atoms. The molecule has 0 aromatic carbocycles. The van der Waals surface area contributed by atoms with Crippen LogP contribution in [0.1, 0.15) is 54.4 Å². The highest BCUT2D eigenvalue weighted by Crippen LogP contribution is 2.64. The lowest BCUT2D eigenvalue weighted by Crippen LogP contribution is -2.62. The predicted octanol–water partition coefficient (Wildman–Crippen LogP) is 1.14. The highest BCUT2D eigenvalue weighted by atomic mass is 16.6. The van der Waals surface area contributed by atoms with Gasteiger partial charge in [-0.05, 0) is 45.4 Å². The summed E-state index contributed by atoms with van der Waals surface area (Å²) in [5, 5.41) is 15.9. The summed E-state index contributed by atoms with van der Waals surface area (Å²) < 4.78 is 15.2. The van der Waals surface area contributed by atoms with Crippen molar-refractivity contribution < 1.29 is 38.5 Å². The standard InChI is InChI=1S/C22H36N2O8/c1-8-31-19(28)22(10-13(25)15-12(16(15)22)9-14(26)30-7)24-18(27)17(11(2)3)23-20(29)32-21(4,5)6/h11-13,15-17,25H,8-10H2,1-7H3,(H,23,29)(H,24,27)/t12-,13-,15+,16+,17-,22-/m0/s1. The van der Waals surface area contributed by atoms with Gasteiger partial charge in [-0.15, -0.1) is 0 Å². The third-order valence-corrected chi connectivity index (χ3v) is 6.01. The van der Waals surface area contributed by atoms with Gasteiger partial charge in [0.1, 0.15) is 17.2 Å². The van der Waals surface area contributed by atoms with Crippen LogP contribution < -0.4 is 10.6 Å². The number of esters is 2. The number of methoxy groups -OCH3 is 1. The molecule has 182 valence electrons. The number of ether oxygens (including phenoxy) is 3. The molecule has 6 atom stereocenters. The molecule has 10 heteroatoms. The Morgan fingerprint density at radius 1 is 1.19 bits per heavy atom. The van der Waals surface area contributed by atoms with Crippen molar-refractivity contribution in [1.82, 2.24) is 10.6 Å². The summed E-state index contributed by atoms with van der Waals surface area (Å²) in [7, 11) is 1.27. The van der Waals surface area contributed by atoms with E-state index < -0.39 is 53.1 Å². The molecule has 0 saturated heterocycles. The maximum atomic E-state index is 13.2. The van der Waals surface area contributed by atoms with Crippen LogP contribution in [-0.4, -0.2) is 66.0 Å². The summed E-state index contributed by atoms with van der Waals surface area (Å²) in [4.78, 5) is 50.3. The quantitative estimate of drug-likeness (QED) is 0.365. The maximum Gasteiger partial charge on any atom is 0.408 e. The van der Waals surface area contributed by atoms with Crippen LogP contribution in [0.2, 0.25) is 0 Å². The fourth-order valence-electron chi connectivity index (χ4n) is 4.69. The zero-order valence-corrected chi connectivity index (χ0v) is 19.9. The van der Waals surface area contributed by atoms with Crippen molar-refractivity contribution in [3.63, 3.8) is 0 Å². The third-order valence-electron chi connectivity index (χ3n) is 6.01. The number of aliphatic hydroxyl groups is 1. The van der Waals surface area contributed by atoms with E-state index >= 15 is 0 Å². The van der Waals surface area contributed by atoms with E-state index in [2.05, 4.69) is 10.6 Å². The number of hydrogen-bond donors (Lipinski definition) is 3. The molecule has 0 aromatic rings. The van der Waals surface area contributed by atoms with E-state index in [0.717, 1.165) is 0 Å². The van der Waals surface area contributed by atoms with Crippen LogP contribution in [0.5, 0.6) is 0 Å². The van der Waals surface area contributed by atoms with E-state index in [1.54, 1.807) is 41.5 Å². The summed E-state index contributed by atoms with van der Waals surface area (Å²) in [6, 6.07) is -0.981. The van der Waals surface area contributed by atoms with E-state index in [4.69, 9.17) is 14.2 Å². The van der Waals surface area contributed by atoms with Crippen LogP contribution in [0.15, 0.2) is 0 Å². The van der Waals surface area contributed by atoms with Crippen LogP contribution in [-0.2, 0) is 28.6 Å². The van der Waals surface area contributed by atoms with Crippen molar-refractivity contribution in [2.45, 2.75) is 77.7 Å². The molecule has 0 radical (unpaired) electrons. The molecule has 2 aliphatic rings. The van der Waals surface area contributed by atoms with Crippen molar-refractivity contribution in [3.05, 3.63) is 0 Å². The first-order valence-electron chi connectivity index (χ1n) is 11.0. The van der Waals surface area contributed by atoms with Crippen LogP contribution >= 0.6 is 0 Å². The largest absolute Gasteiger partial charge is 0.469 e. The first kappa shape index (κ1) is 25.9. The molecule has 2 aliphatic carbocycles.